The SMILES string of the molecule is COc1ccc(N=Nc2ccccc2C)c(C)c1. The first-order valence-electron chi connectivity index (χ1n) is 5.82. The predicted molar refractivity (Wildman–Crippen MR) is 73.1 cm³/mol. The Morgan fingerprint density at radius 3 is 2.11 bits per heavy atom. The molecule has 3 nitrogen and oxygen atoms in total. The number of aryl methyl sites for hydroxylation is 2. The molecule has 0 aliphatic carbocycles. The van der Waals surface area contributed by atoms with Crippen LogP contribution in [0.2, 0.25) is 0 Å². The number of hydrogen-bond acceptors (Lipinski definition) is 3. The van der Waals surface area contributed by atoms with Crippen LogP contribution < -0.4 is 4.74 Å². The van der Waals surface area contributed by atoms with Crippen molar-refractivity contribution in [1.82, 2.24) is 0 Å². The van der Waals surface area contributed by atoms with E-state index < -0.39 is 0 Å². The first-order chi connectivity index (χ1) is 8.70. The largest absolute Gasteiger partial charge is 0.497 e. The number of ether oxygens (including phenoxy) is 1. The van der Waals surface area contributed by atoms with Crippen LogP contribution in [0, 0.1) is 13.8 Å². The Bertz CT molecular complexity index is 576. The third-order valence-electron chi connectivity index (χ3n) is 2.78. The highest BCUT2D eigenvalue weighted by Gasteiger charge is 1.99. The number of methoxy groups -OCH3 is 1. The van der Waals surface area contributed by atoms with Gasteiger partial charge in [0.2, 0.25) is 0 Å². The summed E-state index contributed by atoms with van der Waals surface area (Å²) >= 11 is 0. The van der Waals surface area contributed by atoms with Crippen LogP contribution in [0.1, 0.15) is 11.1 Å². The molecular formula is C15H16N2O. The molecule has 0 heterocycles. The molecular weight excluding hydrogens is 224 g/mol. The van der Waals surface area contributed by atoms with Gasteiger partial charge in [-0.2, -0.15) is 10.2 Å². The highest BCUT2D eigenvalue weighted by atomic mass is 16.5. The summed E-state index contributed by atoms with van der Waals surface area (Å²) in [4.78, 5) is 0. The van der Waals surface area contributed by atoms with Crippen molar-refractivity contribution >= 4 is 11.4 Å². The Morgan fingerprint density at radius 2 is 1.50 bits per heavy atom. The summed E-state index contributed by atoms with van der Waals surface area (Å²) in [5.74, 6) is 0.836. The number of azo groups is 1. The summed E-state index contributed by atoms with van der Waals surface area (Å²) in [6.07, 6.45) is 0. The van der Waals surface area contributed by atoms with Crippen molar-refractivity contribution in [2.75, 3.05) is 7.11 Å². The van der Waals surface area contributed by atoms with Crippen LogP contribution in [-0.2, 0) is 0 Å². The monoisotopic (exact) mass is 240 g/mol. The minimum absolute atomic E-state index is 0.836. The van der Waals surface area contributed by atoms with E-state index in [-0.39, 0.29) is 0 Å². The lowest BCUT2D eigenvalue weighted by molar-refractivity contribution is 0.414. The maximum atomic E-state index is 5.16. The predicted octanol–water partition coefficient (Wildman–Crippen LogP) is 4.73. The standard InChI is InChI=1S/C15H16N2O/c1-11-6-4-5-7-14(11)16-17-15-9-8-13(18-3)10-12(15)2/h4-10H,1-3H3. The molecule has 0 spiro atoms. The molecule has 18 heavy (non-hydrogen) atoms. The highest BCUT2D eigenvalue weighted by Crippen LogP contribution is 2.26. The molecule has 0 saturated carbocycles. The summed E-state index contributed by atoms with van der Waals surface area (Å²) in [5, 5.41) is 8.56. The third-order valence-corrected chi connectivity index (χ3v) is 2.78. The molecule has 0 fully saturated rings. The average molecular weight is 240 g/mol. The van der Waals surface area contributed by atoms with E-state index in [9.17, 15) is 0 Å². The molecule has 0 atom stereocenters. The van der Waals surface area contributed by atoms with Gasteiger partial charge in [-0.15, -0.1) is 0 Å². The van der Waals surface area contributed by atoms with Gasteiger partial charge < -0.3 is 4.74 Å². The second-order valence-electron chi connectivity index (χ2n) is 4.14. The molecule has 2 aromatic carbocycles. The van der Waals surface area contributed by atoms with Gasteiger partial charge in [-0.3, -0.25) is 0 Å². The lowest BCUT2D eigenvalue weighted by Gasteiger charge is -2.03. The van der Waals surface area contributed by atoms with Crippen molar-refractivity contribution in [3.8, 4) is 5.75 Å². The molecule has 0 aliphatic rings. The summed E-state index contributed by atoms with van der Waals surface area (Å²) in [5.41, 5.74) is 3.92. The van der Waals surface area contributed by atoms with Gasteiger partial charge in [0.25, 0.3) is 0 Å². The zero-order chi connectivity index (χ0) is 13.0. The average Bonchev–Trinajstić information content (AvgIpc) is 2.39. The molecule has 3 heteroatoms. The Morgan fingerprint density at radius 1 is 0.833 bits per heavy atom. The van der Waals surface area contributed by atoms with Crippen LogP contribution in [0.25, 0.3) is 0 Å². The van der Waals surface area contributed by atoms with E-state index in [1.165, 1.54) is 0 Å². The van der Waals surface area contributed by atoms with Crippen molar-refractivity contribution in [2.45, 2.75) is 13.8 Å². The quantitative estimate of drug-likeness (QED) is 0.714. The van der Waals surface area contributed by atoms with Gasteiger partial charge in [0, 0.05) is 0 Å². The lowest BCUT2D eigenvalue weighted by atomic mass is 10.2. The summed E-state index contributed by atoms with van der Waals surface area (Å²) in [6, 6.07) is 13.7. The maximum absolute atomic E-state index is 5.16. The summed E-state index contributed by atoms with van der Waals surface area (Å²) in [7, 11) is 1.66. The number of hydrogen-bond donors (Lipinski definition) is 0. The van der Waals surface area contributed by atoms with Crippen LogP contribution in [-0.4, -0.2) is 7.11 Å². The Labute approximate surface area is 107 Å². The normalized spacial score (nSPS) is 10.8. The highest BCUT2D eigenvalue weighted by molar-refractivity contribution is 5.50. The smallest absolute Gasteiger partial charge is 0.119 e. The molecule has 0 amide bonds. The number of nitrogens with zero attached hydrogens (tertiary/aromatic N) is 2. The van der Waals surface area contributed by atoms with E-state index in [0.717, 1.165) is 28.3 Å². The van der Waals surface area contributed by atoms with Gasteiger partial charge >= 0.3 is 0 Å². The van der Waals surface area contributed by atoms with E-state index in [1.807, 2.05) is 56.3 Å². The second kappa shape index (κ2) is 5.45. The molecule has 2 aromatic rings. The van der Waals surface area contributed by atoms with E-state index in [0.29, 0.717) is 0 Å². The Balaban J connectivity index is 2.27. The van der Waals surface area contributed by atoms with Crippen LogP contribution in [0.5, 0.6) is 5.75 Å². The molecule has 0 aromatic heterocycles. The van der Waals surface area contributed by atoms with Crippen molar-refractivity contribution < 1.29 is 4.74 Å². The molecule has 0 unspecified atom stereocenters. The summed E-state index contributed by atoms with van der Waals surface area (Å²) in [6.45, 7) is 4.02. The molecule has 0 aliphatic heterocycles. The van der Waals surface area contributed by atoms with Gasteiger partial charge in [-0.05, 0) is 49.2 Å². The van der Waals surface area contributed by atoms with Crippen molar-refractivity contribution in [3.05, 3.63) is 53.6 Å². The summed E-state index contributed by atoms with van der Waals surface area (Å²) < 4.78 is 5.16. The third kappa shape index (κ3) is 2.74. The fraction of sp³-hybridized carbons (Fsp3) is 0.200. The fourth-order valence-corrected chi connectivity index (χ4v) is 1.65. The Hall–Kier alpha value is -2.16. The van der Waals surface area contributed by atoms with E-state index in [1.54, 1.807) is 7.11 Å². The van der Waals surface area contributed by atoms with E-state index in [2.05, 4.69) is 10.2 Å². The van der Waals surface area contributed by atoms with Crippen molar-refractivity contribution in [3.63, 3.8) is 0 Å². The number of benzene rings is 2. The van der Waals surface area contributed by atoms with Crippen LogP contribution >= 0.6 is 0 Å². The number of rotatable bonds is 3. The molecule has 2 rings (SSSR count). The van der Waals surface area contributed by atoms with E-state index >= 15 is 0 Å². The van der Waals surface area contributed by atoms with Gasteiger partial charge in [-0.25, -0.2) is 0 Å². The van der Waals surface area contributed by atoms with Gasteiger partial charge in [0.1, 0.15) is 5.75 Å². The van der Waals surface area contributed by atoms with Crippen LogP contribution in [0.3, 0.4) is 0 Å². The van der Waals surface area contributed by atoms with Crippen LogP contribution in [0.4, 0.5) is 11.4 Å². The zero-order valence-corrected chi connectivity index (χ0v) is 10.8. The zero-order valence-electron chi connectivity index (χ0n) is 10.8. The topological polar surface area (TPSA) is 34.0 Å². The molecule has 92 valence electrons. The molecule has 0 saturated heterocycles. The molecule has 0 bridgehead atoms. The first kappa shape index (κ1) is 12.3. The molecule has 0 radical (unpaired) electrons. The minimum atomic E-state index is 0.836. The second-order valence-corrected chi connectivity index (χ2v) is 4.14. The van der Waals surface area contributed by atoms with Gasteiger partial charge in [-0.1, -0.05) is 18.2 Å². The lowest BCUT2D eigenvalue weighted by Crippen LogP contribution is -1.83. The van der Waals surface area contributed by atoms with Crippen molar-refractivity contribution in [1.29, 1.82) is 0 Å². The van der Waals surface area contributed by atoms with Crippen molar-refractivity contribution in [2.24, 2.45) is 10.2 Å². The van der Waals surface area contributed by atoms with Crippen LogP contribution in [0.15, 0.2) is 52.7 Å². The maximum Gasteiger partial charge on any atom is 0.119 e. The minimum Gasteiger partial charge on any atom is -0.497 e. The van der Waals surface area contributed by atoms with Gasteiger partial charge in [0.05, 0.1) is 18.5 Å². The van der Waals surface area contributed by atoms with E-state index in [4.69, 9.17) is 4.74 Å². The first-order valence-corrected chi connectivity index (χ1v) is 5.82. The Kier molecular flexibility index (Phi) is 3.72. The molecule has 0 N–H and O–H groups in total. The van der Waals surface area contributed by atoms with Gasteiger partial charge in [0.15, 0.2) is 0 Å². The fourth-order valence-electron chi connectivity index (χ4n) is 1.65.